The molecule has 1 aromatic carbocycles. The van der Waals surface area contributed by atoms with Crippen LogP contribution in [0.3, 0.4) is 0 Å². The Hall–Kier alpha value is -0.978. The number of rotatable bonds is 1. The summed E-state index contributed by atoms with van der Waals surface area (Å²) >= 11 is 0. The zero-order valence-electron chi connectivity index (χ0n) is 6.44. The zero-order valence-corrected chi connectivity index (χ0v) is 7.72. The van der Waals surface area contributed by atoms with Gasteiger partial charge in [0.05, 0.1) is 5.56 Å². The molecule has 0 aliphatic rings. The van der Waals surface area contributed by atoms with Crippen molar-refractivity contribution in [2.45, 2.75) is 6.92 Å². The monoisotopic (exact) mass is 204 g/mol. The number of ketones is 1. The summed E-state index contributed by atoms with van der Waals surface area (Å²) in [7, 11) is 0. The van der Waals surface area contributed by atoms with Crippen LogP contribution in [0.15, 0.2) is 18.2 Å². The van der Waals surface area contributed by atoms with Crippen LogP contribution in [0.25, 0.3) is 0 Å². The Kier molecular flexibility index (Phi) is 3.81. The molecule has 3 nitrogen and oxygen atoms in total. The number of hydrogen-bond acceptors (Lipinski definition) is 3. The van der Waals surface area contributed by atoms with Gasteiger partial charge in [0, 0.05) is 17.4 Å². The Balaban J connectivity index is 0.00000121. The Morgan fingerprint density at radius 1 is 1.33 bits per heavy atom. The second kappa shape index (κ2) is 4.15. The number of phenolic OH excluding ortho intramolecular Hbond substituents is 2. The molecule has 0 spiro atoms. The number of phenols is 2. The van der Waals surface area contributed by atoms with E-state index in [2.05, 4.69) is 0 Å². The predicted molar refractivity (Wildman–Crippen MR) is 39.8 cm³/mol. The first-order valence-corrected chi connectivity index (χ1v) is 3.14. The topological polar surface area (TPSA) is 57.5 Å². The molecule has 0 aromatic heterocycles. The molecule has 64 valence electrons. The average molecular weight is 204 g/mol. The SMILES string of the molecule is CC(=O)c1cc(O)ccc1O.[Cr]. The van der Waals surface area contributed by atoms with Crippen LogP contribution in [0.1, 0.15) is 17.3 Å². The van der Waals surface area contributed by atoms with Crippen molar-refractivity contribution in [3.63, 3.8) is 0 Å². The van der Waals surface area contributed by atoms with Crippen LogP contribution in [-0.2, 0) is 17.4 Å². The van der Waals surface area contributed by atoms with E-state index < -0.39 is 0 Å². The molecule has 1 rings (SSSR count). The molecule has 12 heavy (non-hydrogen) atoms. The molecule has 2 N–H and O–H groups in total. The number of benzene rings is 1. The van der Waals surface area contributed by atoms with Crippen LogP contribution in [0, 0.1) is 0 Å². The third kappa shape index (κ3) is 2.26. The van der Waals surface area contributed by atoms with Gasteiger partial charge in [-0.3, -0.25) is 4.79 Å². The van der Waals surface area contributed by atoms with Gasteiger partial charge in [-0.25, -0.2) is 0 Å². The van der Waals surface area contributed by atoms with E-state index in [9.17, 15) is 4.79 Å². The molecule has 0 bridgehead atoms. The molecular formula is C8H8CrO3. The molecule has 0 fully saturated rings. The van der Waals surface area contributed by atoms with E-state index in [0.717, 1.165) is 0 Å². The van der Waals surface area contributed by atoms with E-state index in [1.54, 1.807) is 0 Å². The molecule has 0 aliphatic heterocycles. The fourth-order valence-corrected chi connectivity index (χ4v) is 0.806. The van der Waals surface area contributed by atoms with Crippen LogP contribution in [0.4, 0.5) is 0 Å². The standard InChI is InChI=1S/C8H8O3.Cr/c1-5(9)7-4-6(10)2-3-8(7)11;/h2-4,10-11H,1H3;. The van der Waals surface area contributed by atoms with Gasteiger partial charge in [0.1, 0.15) is 11.5 Å². The second-order valence-corrected chi connectivity index (χ2v) is 2.26. The summed E-state index contributed by atoms with van der Waals surface area (Å²) in [5.41, 5.74) is 0.144. The van der Waals surface area contributed by atoms with Crippen molar-refractivity contribution in [1.29, 1.82) is 0 Å². The first-order chi connectivity index (χ1) is 5.11. The molecule has 0 amide bonds. The van der Waals surface area contributed by atoms with Gasteiger partial charge < -0.3 is 10.2 Å². The van der Waals surface area contributed by atoms with Gasteiger partial charge in [0.2, 0.25) is 0 Å². The van der Waals surface area contributed by atoms with Gasteiger partial charge in [0.25, 0.3) is 0 Å². The maximum atomic E-state index is 10.7. The maximum absolute atomic E-state index is 10.7. The van der Waals surface area contributed by atoms with Crippen molar-refractivity contribution in [2.75, 3.05) is 0 Å². The molecule has 0 radical (unpaired) electrons. The van der Waals surface area contributed by atoms with Crippen LogP contribution in [-0.4, -0.2) is 16.0 Å². The molecule has 0 aliphatic carbocycles. The maximum Gasteiger partial charge on any atom is 0.163 e. The van der Waals surface area contributed by atoms with Crippen molar-refractivity contribution >= 4 is 5.78 Å². The molecule has 0 unspecified atom stereocenters. The van der Waals surface area contributed by atoms with Crippen molar-refractivity contribution in [3.05, 3.63) is 23.8 Å². The van der Waals surface area contributed by atoms with E-state index in [4.69, 9.17) is 10.2 Å². The first kappa shape index (κ1) is 11.0. The number of Topliss-reactive ketones (excluding diaryl/α,β-unsaturated/α-hetero) is 1. The van der Waals surface area contributed by atoms with E-state index in [1.165, 1.54) is 25.1 Å². The van der Waals surface area contributed by atoms with Crippen molar-refractivity contribution < 1.29 is 32.4 Å². The molecule has 0 saturated heterocycles. The van der Waals surface area contributed by atoms with Crippen LogP contribution >= 0.6 is 0 Å². The zero-order chi connectivity index (χ0) is 8.43. The number of carbonyl (C=O) groups is 1. The summed E-state index contributed by atoms with van der Waals surface area (Å²) in [5, 5.41) is 18.0. The Labute approximate surface area is 80.8 Å². The number of hydrogen-bond donors (Lipinski definition) is 2. The number of aromatic hydroxyl groups is 2. The van der Waals surface area contributed by atoms with Crippen molar-refractivity contribution in [1.82, 2.24) is 0 Å². The summed E-state index contributed by atoms with van der Waals surface area (Å²) in [5.74, 6) is -0.387. The van der Waals surface area contributed by atoms with Crippen LogP contribution < -0.4 is 0 Å². The average Bonchev–Trinajstić information content (AvgIpc) is 1.94. The Bertz CT molecular complexity index is 296. The molecular weight excluding hydrogens is 196 g/mol. The van der Waals surface area contributed by atoms with Gasteiger partial charge in [-0.1, -0.05) is 0 Å². The normalized spacial score (nSPS) is 8.75. The molecule has 4 heteroatoms. The van der Waals surface area contributed by atoms with Gasteiger partial charge in [0.15, 0.2) is 5.78 Å². The van der Waals surface area contributed by atoms with E-state index in [1.807, 2.05) is 0 Å². The first-order valence-electron chi connectivity index (χ1n) is 3.14. The van der Waals surface area contributed by atoms with Gasteiger partial charge in [-0.15, -0.1) is 0 Å². The fourth-order valence-electron chi connectivity index (χ4n) is 0.806. The largest absolute Gasteiger partial charge is 0.508 e. The smallest absolute Gasteiger partial charge is 0.163 e. The second-order valence-electron chi connectivity index (χ2n) is 2.26. The summed E-state index contributed by atoms with van der Waals surface area (Å²) in [6.07, 6.45) is 0. The van der Waals surface area contributed by atoms with E-state index >= 15 is 0 Å². The van der Waals surface area contributed by atoms with E-state index in [-0.39, 0.29) is 40.2 Å². The molecule has 0 saturated carbocycles. The van der Waals surface area contributed by atoms with Gasteiger partial charge in [-0.05, 0) is 25.1 Å². The third-order valence-electron chi connectivity index (χ3n) is 1.36. The van der Waals surface area contributed by atoms with Crippen LogP contribution in [0.2, 0.25) is 0 Å². The van der Waals surface area contributed by atoms with Gasteiger partial charge >= 0.3 is 0 Å². The Morgan fingerprint density at radius 3 is 2.33 bits per heavy atom. The minimum Gasteiger partial charge on any atom is -0.508 e. The minimum absolute atomic E-state index is 0. The van der Waals surface area contributed by atoms with Crippen molar-refractivity contribution in [3.8, 4) is 11.5 Å². The molecule has 0 atom stereocenters. The quantitative estimate of drug-likeness (QED) is 0.535. The van der Waals surface area contributed by atoms with Crippen LogP contribution in [0.5, 0.6) is 11.5 Å². The van der Waals surface area contributed by atoms with Gasteiger partial charge in [-0.2, -0.15) is 0 Å². The molecule has 1 aromatic rings. The van der Waals surface area contributed by atoms with Crippen molar-refractivity contribution in [2.24, 2.45) is 0 Å². The Morgan fingerprint density at radius 2 is 1.92 bits per heavy atom. The molecule has 0 heterocycles. The third-order valence-corrected chi connectivity index (χ3v) is 1.36. The predicted octanol–water partition coefficient (Wildman–Crippen LogP) is 1.30. The fraction of sp³-hybridized carbons (Fsp3) is 0.125. The number of carbonyl (C=O) groups excluding carboxylic acids is 1. The van der Waals surface area contributed by atoms with E-state index in [0.29, 0.717) is 0 Å². The minimum atomic E-state index is -0.265. The summed E-state index contributed by atoms with van der Waals surface area (Å²) in [4.78, 5) is 10.7. The summed E-state index contributed by atoms with van der Waals surface area (Å²) in [6, 6.07) is 3.84. The summed E-state index contributed by atoms with van der Waals surface area (Å²) < 4.78 is 0. The summed E-state index contributed by atoms with van der Waals surface area (Å²) in [6.45, 7) is 1.33.